The number of rotatable bonds is 0. The summed E-state index contributed by atoms with van der Waals surface area (Å²) >= 11 is 1.58. The van der Waals surface area contributed by atoms with Gasteiger partial charge in [-0.2, -0.15) is 30.7 Å². The van der Waals surface area contributed by atoms with Crippen molar-refractivity contribution in [3.8, 4) is 0 Å². The van der Waals surface area contributed by atoms with E-state index in [0.717, 1.165) is 12.0 Å². The minimum atomic E-state index is 0. The molecule has 0 N–H and O–H groups in total. The first-order chi connectivity index (χ1) is 6.89. The molecule has 1 aliphatic rings. The van der Waals surface area contributed by atoms with Gasteiger partial charge in [-0.25, -0.2) is 12.2 Å². The van der Waals surface area contributed by atoms with Crippen molar-refractivity contribution in [3.63, 3.8) is 0 Å². The molecule has 0 atom stereocenters. The summed E-state index contributed by atoms with van der Waals surface area (Å²) in [5.41, 5.74) is 1.07. The van der Waals surface area contributed by atoms with Crippen LogP contribution in [-0.2, 0) is 23.3 Å². The van der Waals surface area contributed by atoms with Crippen molar-refractivity contribution in [2.75, 3.05) is 0 Å². The minimum absolute atomic E-state index is 0. The van der Waals surface area contributed by atoms with Crippen molar-refractivity contribution in [2.24, 2.45) is 0 Å². The van der Waals surface area contributed by atoms with Gasteiger partial charge in [0.25, 0.3) is 0 Å². The van der Waals surface area contributed by atoms with Crippen molar-refractivity contribution in [3.05, 3.63) is 82.0 Å². The zero-order chi connectivity index (χ0) is 10.6. The molecule has 0 saturated carbocycles. The van der Waals surface area contributed by atoms with Gasteiger partial charge in [0, 0.05) is 0 Å². The summed E-state index contributed by atoms with van der Waals surface area (Å²) in [6.45, 7) is 5.67. The van der Waals surface area contributed by atoms with Crippen LogP contribution in [0.25, 0.3) is 0 Å². The zero-order valence-electron chi connectivity index (χ0n) is 11.1. The summed E-state index contributed by atoms with van der Waals surface area (Å²) in [7, 11) is 0. The van der Waals surface area contributed by atoms with Crippen molar-refractivity contribution < 1.29 is 23.3 Å². The van der Waals surface area contributed by atoms with E-state index in [2.05, 4.69) is 19.1 Å². The van der Waals surface area contributed by atoms with Crippen molar-refractivity contribution in [2.45, 2.75) is 6.42 Å². The first-order valence-corrected chi connectivity index (χ1v) is 10.3. The number of hydrogen-bond acceptors (Lipinski definition) is 0. The summed E-state index contributed by atoms with van der Waals surface area (Å²) in [4.78, 5) is 0. The van der Waals surface area contributed by atoms with Gasteiger partial charge in [0.05, 0.1) is 0 Å². The fraction of sp³-hybridized carbons (Fsp3) is 0.0714. The van der Waals surface area contributed by atoms with Gasteiger partial charge in [-0.15, -0.1) is 43.4 Å². The molecule has 0 amide bonds. The van der Waals surface area contributed by atoms with Gasteiger partial charge < -0.3 is 14.9 Å². The van der Waals surface area contributed by atoms with Crippen LogP contribution >= 0.6 is 24.8 Å². The Morgan fingerprint density at radius 3 is 1.72 bits per heavy atom. The second kappa shape index (κ2) is 25.9. The topological polar surface area (TPSA) is 0 Å². The molecule has 0 spiro atoms. The molecule has 0 fully saturated rings. The van der Waals surface area contributed by atoms with E-state index in [4.69, 9.17) is 0 Å². The summed E-state index contributed by atoms with van der Waals surface area (Å²) in [5, 5.41) is 0. The summed E-state index contributed by atoms with van der Waals surface area (Å²) in [5.74, 6) is 0. The average molecular weight is 381 g/mol. The maximum absolute atomic E-state index is 3.72. The van der Waals surface area contributed by atoms with E-state index >= 15 is 0 Å². The molecule has 0 aromatic heterocycles. The number of halogens is 2. The van der Waals surface area contributed by atoms with Crippen molar-refractivity contribution in [1.29, 1.82) is 0 Å². The van der Waals surface area contributed by atoms with E-state index in [1.54, 1.807) is 23.3 Å². The molecule has 104 valence electrons. The van der Waals surface area contributed by atoms with Crippen LogP contribution in [-0.4, -0.2) is 6.88 Å². The van der Waals surface area contributed by atoms with Crippen LogP contribution < -0.4 is 0 Å². The van der Waals surface area contributed by atoms with E-state index in [9.17, 15) is 0 Å². The Hall–Kier alpha value is 0.250. The molecular weight excluding hydrogens is 358 g/mol. The Morgan fingerprint density at radius 1 is 1.06 bits per heavy atom. The Morgan fingerprint density at radius 2 is 1.56 bits per heavy atom. The van der Waals surface area contributed by atoms with Crippen LogP contribution in [0.3, 0.4) is 0 Å². The predicted molar refractivity (Wildman–Crippen MR) is 88.3 cm³/mol. The summed E-state index contributed by atoms with van der Waals surface area (Å²) in [6.07, 6.45) is 10.0. The van der Waals surface area contributed by atoms with Crippen LogP contribution in [0.5, 0.6) is 0 Å². The molecule has 0 saturated heterocycles. The molecular formula is C14H22Cl2SiZr-4. The maximum atomic E-state index is 3.72. The normalized spacial score (nSPS) is 8.39. The molecule has 0 aliphatic heterocycles. The third kappa shape index (κ3) is 21.5. The standard InChI is InChI=1S/C7H7.C5H5.2CH3.2ClH.H2Si.Zr/c1-7-5-3-2-4-6-7;1-2-4-5-3-1;;;;;;/h2-6H,1H2;1-3H,4H2;2*1H3;2*1H;1H2;/q4*-1;;;;. The van der Waals surface area contributed by atoms with Gasteiger partial charge in [-0.1, -0.05) is 6.07 Å². The van der Waals surface area contributed by atoms with Crippen molar-refractivity contribution in [1.82, 2.24) is 0 Å². The molecule has 0 nitrogen and oxygen atoms in total. The molecule has 4 heteroatoms. The van der Waals surface area contributed by atoms with Gasteiger partial charge >= 0.3 is 30.2 Å². The Kier molecular flexibility index (Phi) is 44.6. The third-order valence-corrected chi connectivity index (χ3v) is 1.43. The molecule has 1 aliphatic carbocycles. The Balaban J connectivity index is -0.0000000470. The average Bonchev–Trinajstić information content (AvgIpc) is 2.80. The quantitative estimate of drug-likeness (QED) is 0.471. The molecule has 18 heavy (non-hydrogen) atoms. The van der Waals surface area contributed by atoms with Crippen molar-refractivity contribution >= 4 is 31.7 Å². The summed E-state index contributed by atoms with van der Waals surface area (Å²) < 4.78 is 0. The Bertz CT molecular complexity index is 277. The molecule has 1 aromatic rings. The first kappa shape index (κ1) is 30.9. The first-order valence-electron chi connectivity index (χ1n) is 4.33. The fourth-order valence-corrected chi connectivity index (χ4v) is 0.818. The van der Waals surface area contributed by atoms with E-state index < -0.39 is 0 Å². The van der Waals surface area contributed by atoms with E-state index in [1.807, 2.05) is 49.4 Å². The van der Waals surface area contributed by atoms with Gasteiger partial charge in [0.15, 0.2) is 0 Å². The second-order valence-electron chi connectivity index (χ2n) is 2.49. The van der Waals surface area contributed by atoms with E-state index in [1.165, 1.54) is 0 Å². The van der Waals surface area contributed by atoms with Crippen LogP contribution in [0.1, 0.15) is 12.0 Å². The molecule has 2 rings (SSSR count). The van der Waals surface area contributed by atoms with Gasteiger partial charge in [-0.3, -0.25) is 6.08 Å². The van der Waals surface area contributed by atoms with Gasteiger partial charge in [-0.05, 0) is 0 Å². The number of allylic oxidation sites excluding steroid dienone is 4. The zero-order valence-corrected chi connectivity index (χ0v) is 16.6. The molecule has 0 radical (unpaired) electrons. The molecule has 1 aromatic carbocycles. The van der Waals surface area contributed by atoms with Gasteiger partial charge in [0.2, 0.25) is 0 Å². The van der Waals surface area contributed by atoms with Crippen LogP contribution in [0, 0.1) is 27.9 Å². The van der Waals surface area contributed by atoms with Crippen LogP contribution in [0.15, 0.2) is 48.6 Å². The monoisotopic (exact) mass is 378 g/mol. The summed E-state index contributed by atoms with van der Waals surface area (Å²) in [6, 6.07) is 9.87. The molecule has 0 bridgehead atoms. The SMILES string of the molecule is Cl.Cl.[C-]1=CC=CC1.[CH2-]c1ccccc1.[CH3-].[CH3-].[SiH2]=[Zr]. The third-order valence-electron chi connectivity index (χ3n) is 1.43. The number of benzene rings is 1. The van der Waals surface area contributed by atoms with E-state index in [-0.39, 0.29) is 39.7 Å². The fourth-order valence-electron chi connectivity index (χ4n) is 0.818. The second-order valence-corrected chi connectivity index (χ2v) is 2.49. The van der Waals surface area contributed by atoms with Crippen LogP contribution in [0.2, 0.25) is 0 Å². The molecule has 0 heterocycles. The van der Waals surface area contributed by atoms with Crippen LogP contribution in [0.4, 0.5) is 0 Å². The molecule has 0 unspecified atom stereocenters. The Labute approximate surface area is 142 Å². The van der Waals surface area contributed by atoms with Gasteiger partial charge in [0.1, 0.15) is 0 Å². The van der Waals surface area contributed by atoms with E-state index in [0.29, 0.717) is 0 Å². The predicted octanol–water partition coefficient (Wildman–Crippen LogP) is 4.00. The number of hydrogen-bond donors (Lipinski definition) is 0.